The van der Waals surface area contributed by atoms with Gasteiger partial charge in [0.2, 0.25) is 5.91 Å². The summed E-state index contributed by atoms with van der Waals surface area (Å²) in [5.41, 5.74) is 4.65. The van der Waals surface area contributed by atoms with Crippen molar-refractivity contribution in [2.75, 3.05) is 5.32 Å². The van der Waals surface area contributed by atoms with Gasteiger partial charge in [-0.2, -0.15) is 0 Å². The third-order valence-electron chi connectivity index (χ3n) is 4.94. The molecule has 0 saturated carbocycles. The number of anilines is 1. The number of hydrogen-bond donors (Lipinski definition) is 1. The van der Waals surface area contributed by atoms with Crippen LogP contribution < -0.4 is 5.32 Å². The molecule has 0 spiro atoms. The Morgan fingerprint density at radius 2 is 1.50 bits per heavy atom. The lowest BCUT2D eigenvalue weighted by atomic mass is 9.71. The molecule has 0 fully saturated rings. The molecule has 0 aromatic heterocycles. The first kappa shape index (κ1) is 14.7. The maximum atomic E-state index is 13.2. The Balaban J connectivity index is 1.96. The van der Waals surface area contributed by atoms with Crippen molar-refractivity contribution in [3.05, 3.63) is 101 Å². The van der Waals surface area contributed by atoms with Crippen LogP contribution >= 0.6 is 0 Å². The summed E-state index contributed by atoms with van der Waals surface area (Å²) in [5, 5.41) is 3.14. The summed E-state index contributed by atoms with van der Waals surface area (Å²) in [4.78, 5) is 13.2. The predicted octanol–water partition coefficient (Wildman–Crippen LogP) is 4.48. The molecule has 1 aliphatic heterocycles. The van der Waals surface area contributed by atoms with Crippen LogP contribution in [0.15, 0.2) is 78.9 Å². The van der Waals surface area contributed by atoms with E-state index in [0.717, 1.165) is 27.9 Å². The first-order valence-corrected chi connectivity index (χ1v) is 8.23. The molecule has 0 saturated heterocycles. The fraction of sp³-hybridized carbons (Fsp3) is 0.136. The number of aryl methyl sites for hydroxylation is 1. The smallest absolute Gasteiger partial charge is 0.239 e. The van der Waals surface area contributed by atoms with Crippen molar-refractivity contribution in [1.82, 2.24) is 0 Å². The molecule has 2 heteroatoms. The van der Waals surface area contributed by atoms with E-state index in [-0.39, 0.29) is 5.91 Å². The fourth-order valence-corrected chi connectivity index (χ4v) is 3.72. The van der Waals surface area contributed by atoms with Crippen LogP contribution in [-0.4, -0.2) is 5.91 Å². The van der Waals surface area contributed by atoms with Crippen molar-refractivity contribution < 1.29 is 4.79 Å². The van der Waals surface area contributed by atoms with E-state index in [4.69, 9.17) is 0 Å². The van der Waals surface area contributed by atoms with E-state index >= 15 is 0 Å². The van der Waals surface area contributed by atoms with Gasteiger partial charge in [-0.15, -0.1) is 0 Å². The quantitative estimate of drug-likeness (QED) is 0.759. The summed E-state index contributed by atoms with van der Waals surface area (Å²) in [6.07, 6.45) is 0.653. The molecule has 1 atom stereocenters. The highest BCUT2D eigenvalue weighted by molar-refractivity contribution is 6.09. The Kier molecular flexibility index (Phi) is 3.46. The van der Waals surface area contributed by atoms with Crippen molar-refractivity contribution in [3.63, 3.8) is 0 Å². The van der Waals surface area contributed by atoms with Crippen LogP contribution in [0.25, 0.3) is 0 Å². The topological polar surface area (TPSA) is 29.1 Å². The van der Waals surface area contributed by atoms with E-state index in [1.54, 1.807) is 0 Å². The highest BCUT2D eigenvalue weighted by Gasteiger charge is 2.48. The van der Waals surface area contributed by atoms with E-state index in [0.29, 0.717) is 6.42 Å². The lowest BCUT2D eigenvalue weighted by Crippen LogP contribution is -2.38. The van der Waals surface area contributed by atoms with Crippen molar-refractivity contribution in [3.8, 4) is 0 Å². The molecule has 0 bridgehead atoms. The van der Waals surface area contributed by atoms with E-state index in [1.807, 2.05) is 55.5 Å². The zero-order valence-corrected chi connectivity index (χ0v) is 13.6. The minimum absolute atomic E-state index is 0.0573. The Morgan fingerprint density at radius 1 is 0.833 bits per heavy atom. The summed E-state index contributed by atoms with van der Waals surface area (Å²) in [6, 6.07) is 26.5. The average Bonchev–Trinajstić information content (AvgIpc) is 2.91. The average molecular weight is 313 g/mol. The standard InChI is InChI=1S/C22H19NO/c1-16-9-8-14-19-20(16)23-21(24)22(19,18-12-6-3-7-13-18)15-17-10-4-2-5-11-17/h2-14H,15H2,1H3,(H,23,24). The number of fused-ring (bicyclic) bond motifs is 1. The second kappa shape index (κ2) is 5.64. The van der Waals surface area contributed by atoms with Gasteiger partial charge in [-0.3, -0.25) is 4.79 Å². The molecule has 118 valence electrons. The van der Waals surface area contributed by atoms with Gasteiger partial charge in [-0.1, -0.05) is 78.9 Å². The monoisotopic (exact) mass is 313 g/mol. The molecule has 0 aliphatic carbocycles. The minimum atomic E-state index is -0.677. The molecule has 0 radical (unpaired) electrons. The number of hydrogen-bond acceptors (Lipinski definition) is 1. The molecule has 3 aromatic carbocycles. The van der Waals surface area contributed by atoms with E-state index < -0.39 is 5.41 Å². The minimum Gasteiger partial charge on any atom is -0.324 e. The van der Waals surface area contributed by atoms with Gasteiger partial charge in [0.15, 0.2) is 0 Å². The lowest BCUT2D eigenvalue weighted by Gasteiger charge is -2.28. The van der Waals surface area contributed by atoms with E-state index in [1.165, 1.54) is 0 Å². The number of amides is 1. The molecule has 1 aliphatic rings. The van der Waals surface area contributed by atoms with Gasteiger partial charge in [0.25, 0.3) is 0 Å². The first-order chi connectivity index (χ1) is 11.7. The molecule has 1 heterocycles. The van der Waals surface area contributed by atoms with Crippen LogP contribution in [0.1, 0.15) is 22.3 Å². The molecular formula is C22H19NO. The van der Waals surface area contributed by atoms with Gasteiger partial charge in [-0.05, 0) is 35.6 Å². The number of carbonyl (C=O) groups is 1. The summed E-state index contributed by atoms with van der Waals surface area (Å²) < 4.78 is 0. The number of para-hydroxylation sites is 1. The van der Waals surface area contributed by atoms with Crippen molar-refractivity contribution >= 4 is 11.6 Å². The van der Waals surface area contributed by atoms with Gasteiger partial charge in [0.1, 0.15) is 5.41 Å². The second-order valence-corrected chi connectivity index (χ2v) is 6.39. The maximum Gasteiger partial charge on any atom is 0.239 e. The molecule has 2 nitrogen and oxygen atoms in total. The van der Waals surface area contributed by atoms with Crippen molar-refractivity contribution in [2.45, 2.75) is 18.8 Å². The number of rotatable bonds is 3. The summed E-state index contributed by atoms with van der Waals surface area (Å²) >= 11 is 0. The van der Waals surface area contributed by atoms with Gasteiger partial charge in [0, 0.05) is 5.69 Å². The van der Waals surface area contributed by atoms with Crippen LogP contribution in [0.2, 0.25) is 0 Å². The summed E-state index contributed by atoms with van der Waals surface area (Å²) in [7, 11) is 0. The van der Waals surface area contributed by atoms with Crippen LogP contribution in [0.3, 0.4) is 0 Å². The lowest BCUT2D eigenvalue weighted by molar-refractivity contribution is -0.119. The Bertz CT molecular complexity index is 886. The summed E-state index contributed by atoms with van der Waals surface area (Å²) in [6.45, 7) is 2.04. The van der Waals surface area contributed by atoms with Gasteiger partial charge in [0.05, 0.1) is 0 Å². The van der Waals surface area contributed by atoms with Crippen LogP contribution in [0.5, 0.6) is 0 Å². The molecule has 1 N–H and O–H groups in total. The molecule has 1 amide bonds. The molecule has 3 aromatic rings. The van der Waals surface area contributed by atoms with Crippen molar-refractivity contribution in [1.29, 1.82) is 0 Å². The highest BCUT2D eigenvalue weighted by Crippen LogP contribution is 2.46. The molecule has 24 heavy (non-hydrogen) atoms. The number of nitrogens with one attached hydrogen (secondary N) is 1. The normalized spacial score (nSPS) is 19.0. The molecular weight excluding hydrogens is 294 g/mol. The second-order valence-electron chi connectivity index (χ2n) is 6.39. The number of benzene rings is 3. The first-order valence-electron chi connectivity index (χ1n) is 8.23. The Labute approximate surface area is 142 Å². The Morgan fingerprint density at radius 3 is 2.21 bits per heavy atom. The summed E-state index contributed by atoms with van der Waals surface area (Å²) in [5.74, 6) is 0.0573. The highest BCUT2D eigenvalue weighted by atomic mass is 16.2. The predicted molar refractivity (Wildman–Crippen MR) is 97.2 cm³/mol. The zero-order chi connectivity index (χ0) is 16.6. The SMILES string of the molecule is Cc1cccc2c1NC(=O)C2(Cc1ccccc1)c1ccccc1. The Hall–Kier alpha value is -2.87. The van der Waals surface area contributed by atoms with Crippen LogP contribution in [0.4, 0.5) is 5.69 Å². The van der Waals surface area contributed by atoms with Crippen molar-refractivity contribution in [2.24, 2.45) is 0 Å². The number of carbonyl (C=O) groups excluding carboxylic acids is 1. The van der Waals surface area contributed by atoms with Gasteiger partial charge >= 0.3 is 0 Å². The van der Waals surface area contributed by atoms with E-state index in [9.17, 15) is 4.79 Å². The molecule has 1 unspecified atom stereocenters. The van der Waals surface area contributed by atoms with Crippen LogP contribution in [-0.2, 0) is 16.6 Å². The largest absolute Gasteiger partial charge is 0.324 e. The van der Waals surface area contributed by atoms with Gasteiger partial charge < -0.3 is 5.32 Å². The van der Waals surface area contributed by atoms with E-state index in [2.05, 4.69) is 35.6 Å². The van der Waals surface area contributed by atoms with Gasteiger partial charge in [-0.25, -0.2) is 0 Å². The molecule has 4 rings (SSSR count). The third-order valence-corrected chi connectivity index (χ3v) is 4.94. The van der Waals surface area contributed by atoms with Crippen LogP contribution in [0, 0.1) is 6.92 Å². The maximum absolute atomic E-state index is 13.2. The zero-order valence-electron chi connectivity index (χ0n) is 13.6. The fourth-order valence-electron chi connectivity index (χ4n) is 3.72. The third kappa shape index (κ3) is 2.15.